The van der Waals surface area contributed by atoms with Gasteiger partial charge >= 0.3 is 6.09 Å². The number of hydrogen-bond donors (Lipinski definition) is 2. The number of amides is 2. The first-order valence-corrected chi connectivity index (χ1v) is 10.8. The minimum Gasteiger partial charge on any atom is -0.493 e. The number of piperidine rings is 1. The number of rotatable bonds is 8. The van der Waals surface area contributed by atoms with Crippen LogP contribution in [0.3, 0.4) is 0 Å². The molecule has 2 N–H and O–H groups in total. The summed E-state index contributed by atoms with van der Waals surface area (Å²) in [6.45, 7) is 2.62. The van der Waals surface area contributed by atoms with Gasteiger partial charge in [-0.1, -0.05) is 30.3 Å². The number of likely N-dealkylation sites (tertiary alicyclic amines) is 1. The van der Waals surface area contributed by atoms with Crippen molar-refractivity contribution in [2.45, 2.75) is 38.8 Å². The Morgan fingerprint density at radius 3 is 2.62 bits per heavy atom. The number of anilines is 1. The third kappa shape index (κ3) is 5.70. The lowest BCUT2D eigenvalue weighted by Crippen LogP contribution is -2.45. The van der Waals surface area contributed by atoms with Crippen LogP contribution in [0.2, 0.25) is 0 Å². The monoisotopic (exact) mass is 442 g/mol. The number of carbonyl (C=O) groups is 2. The van der Waals surface area contributed by atoms with Crippen LogP contribution in [0.1, 0.15) is 42.1 Å². The number of carbonyl (C=O) groups excluding carboxylic acids is 2. The van der Waals surface area contributed by atoms with Gasteiger partial charge in [-0.15, -0.1) is 0 Å². The van der Waals surface area contributed by atoms with Crippen LogP contribution in [0.25, 0.3) is 0 Å². The van der Waals surface area contributed by atoms with Crippen molar-refractivity contribution in [3.63, 3.8) is 0 Å². The SMILES string of the molecule is CCOC(=O)Nc1cc(OCc2ccccc2)c(OC)cc1C(=O)N1CCCC[C@H]1CO. The first kappa shape index (κ1) is 23.4. The zero-order chi connectivity index (χ0) is 22.9. The molecule has 0 unspecified atom stereocenters. The van der Waals surface area contributed by atoms with E-state index in [0.717, 1.165) is 24.8 Å². The second-order valence-corrected chi connectivity index (χ2v) is 7.50. The lowest BCUT2D eigenvalue weighted by Gasteiger charge is -2.35. The summed E-state index contributed by atoms with van der Waals surface area (Å²) >= 11 is 0. The number of benzene rings is 2. The third-order valence-corrected chi connectivity index (χ3v) is 5.38. The van der Waals surface area contributed by atoms with Crippen LogP contribution in [-0.4, -0.2) is 54.9 Å². The van der Waals surface area contributed by atoms with Crippen molar-refractivity contribution in [2.75, 3.05) is 32.2 Å². The molecule has 2 amide bonds. The van der Waals surface area contributed by atoms with Crippen molar-refractivity contribution in [2.24, 2.45) is 0 Å². The zero-order valence-electron chi connectivity index (χ0n) is 18.5. The third-order valence-electron chi connectivity index (χ3n) is 5.38. The highest BCUT2D eigenvalue weighted by atomic mass is 16.5. The number of aliphatic hydroxyl groups excluding tert-OH is 1. The summed E-state index contributed by atoms with van der Waals surface area (Å²) in [5.41, 5.74) is 1.48. The van der Waals surface area contributed by atoms with Gasteiger partial charge in [0.05, 0.1) is 37.6 Å². The van der Waals surface area contributed by atoms with Gasteiger partial charge in [0, 0.05) is 12.6 Å². The molecule has 2 aromatic rings. The van der Waals surface area contributed by atoms with Gasteiger partial charge < -0.3 is 24.2 Å². The Kier molecular flexibility index (Phi) is 8.33. The second-order valence-electron chi connectivity index (χ2n) is 7.50. The number of nitrogens with zero attached hydrogens (tertiary/aromatic N) is 1. The molecule has 0 aromatic heterocycles. The maximum Gasteiger partial charge on any atom is 0.411 e. The van der Waals surface area contributed by atoms with Gasteiger partial charge in [0.25, 0.3) is 5.91 Å². The molecule has 1 aliphatic heterocycles. The maximum atomic E-state index is 13.4. The fraction of sp³-hybridized carbons (Fsp3) is 0.417. The molecule has 8 heteroatoms. The number of ether oxygens (including phenoxy) is 3. The van der Waals surface area contributed by atoms with Crippen molar-refractivity contribution in [1.29, 1.82) is 0 Å². The molecule has 172 valence electrons. The van der Waals surface area contributed by atoms with Crippen molar-refractivity contribution in [3.8, 4) is 11.5 Å². The molecule has 3 rings (SSSR count). The molecule has 1 atom stereocenters. The Bertz CT molecular complexity index is 918. The van der Waals surface area contributed by atoms with Crippen LogP contribution in [0, 0.1) is 0 Å². The number of aliphatic hydroxyl groups is 1. The van der Waals surface area contributed by atoms with Crippen molar-refractivity contribution >= 4 is 17.7 Å². The zero-order valence-corrected chi connectivity index (χ0v) is 18.5. The summed E-state index contributed by atoms with van der Waals surface area (Å²) < 4.78 is 16.4. The lowest BCUT2D eigenvalue weighted by molar-refractivity contribution is 0.0503. The molecular formula is C24H30N2O6. The Labute approximate surface area is 188 Å². The van der Waals surface area contributed by atoms with Gasteiger partial charge in [-0.3, -0.25) is 10.1 Å². The Hall–Kier alpha value is -3.26. The molecule has 1 saturated heterocycles. The van der Waals surface area contributed by atoms with Gasteiger partial charge in [-0.25, -0.2) is 4.79 Å². The lowest BCUT2D eigenvalue weighted by atomic mass is 10.0. The molecule has 0 radical (unpaired) electrons. The van der Waals surface area contributed by atoms with E-state index in [-0.39, 0.29) is 36.4 Å². The first-order chi connectivity index (χ1) is 15.6. The van der Waals surface area contributed by atoms with Crippen LogP contribution in [-0.2, 0) is 11.3 Å². The Balaban J connectivity index is 1.94. The smallest absolute Gasteiger partial charge is 0.411 e. The predicted octanol–water partition coefficient (Wildman–Crippen LogP) is 3.83. The van der Waals surface area contributed by atoms with E-state index in [1.54, 1.807) is 24.0 Å². The average Bonchev–Trinajstić information content (AvgIpc) is 2.83. The van der Waals surface area contributed by atoms with Gasteiger partial charge in [0.1, 0.15) is 6.61 Å². The predicted molar refractivity (Wildman–Crippen MR) is 120 cm³/mol. The van der Waals surface area contributed by atoms with E-state index in [9.17, 15) is 14.7 Å². The Morgan fingerprint density at radius 1 is 1.16 bits per heavy atom. The molecule has 0 saturated carbocycles. The molecule has 1 fully saturated rings. The summed E-state index contributed by atoms with van der Waals surface area (Å²) in [5, 5.41) is 12.4. The largest absolute Gasteiger partial charge is 0.493 e. The minimum absolute atomic E-state index is 0.109. The fourth-order valence-electron chi connectivity index (χ4n) is 3.74. The molecule has 8 nitrogen and oxygen atoms in total. The van der Waals surface area contributed by atoms with Crippen LogP contribution in [0.15, 0.2) is 42.5 Å². The summed E-state index contributed by atoms with van der Waals surface area (Å²) in [4.78, 5) is 27.2. The molecule has 1 aliphatic rings. The molecule has 0 aliphatic carbocycles. The summed E-state index contributed by atoms with van der Waals surface area (Å²) in [6, 6.07) is 12.5. The standard InChI is InChI=1S/C24H30N2O6/c1-3-31-24(29)25-20-14-22(32-16-17-9-5-4-6-10-17)21(30-2)13-19(20)23(28)26-12-8-7-11-18(26)15-27/h4-6,9-10,13-14,18,27H,3,7-8,11-12,15-16H2,1-2H3,(H,25,29)/t18-/m0/s1. The van der Waals surface area contributed by atoms with Crippen LogP contribution >= 0.6 is 0 Å². The van der Waals surface area contributed by atoms with E-state index in [4.69, 9.17) is 14.2 Å². The van der Waals surface area contributed by atoms with E-state index in [0.29, 0.717) is 24.7 Å². The highest BCUT2D eigenvalue weighted by molar-refractivity contribution is 6.03. The van der Waals surface area contributed by atoms with Crippen LogP contribution < -0.4 is 14.8 Å². The van der Waals surface area contributed by atoms with Gasteiger partial charge in [0.15, 0.2) is 11.5 Å². The van der Waals surface area contributed by atoms with E-state index < -0.39 is 6.09 Å². The number of nitrogens with one attached hydrogen (secondary N) is 1. The van der Waals surface area contributed by atoms with Crippen LogP contribution in [0.5, 0.6) is 11.5 Å². The van der Waals surface area contributed by atoms with Gasteiger partial charge in [-0.2, -0.15) is 0 Å². The molecule has 1 heterocycles. The van der Waals surface area contributed by atoms with Crippen molar-refractivity contribution in [3.05, 3.63) is 53.6 Å². The van der Waals surface area contributed by atoms with Crippen molar-refractivity contribution in [1.82, 2.24) is 4.90 Å². The van der Waals surface area contributed by atoms with Crippen LogP contribution in [0.4, 0.5) is 10.5 Å². The maximum absolute atomic E-state index is 13.4. The summed E-state index contributed by atoms with van der Waals surface area (Å²) in [7, 11) is 1.49. The van der Waals surface area contributed by atoms with Crippen molar-refractivity contribution < 1.29 is 28.9 Å². The molecule has 2 aromatic carbocycles. The topological polar surface area (TPSA) is 97.3 Å². The number of hydrogen-bond acceptors (Lipinski definition) is 6. The molecule has 0 spiro atoms. The molecular weight excluding hydrogens is 412 g/mol. The average molecular weight is 443 g/mol. The van der Waals surface area contributed by atoms with E-state index >= 15 is 0 Å². The van der Waals surface area contributed by atoms with E-state index in [1.807, 2.05) is 30.3 Å². The highest BCUT2D eigenvalue weighted by Gasteiger charge is 2.30. The van der Waals surface area contributed by atoms with Gasteiger partial charge in [-0.05, 0) is 37.8 Å². The fourth-order valence-corrected chi connectivity index (χ4v) is 3.74. The van der Waals surface area contributed by atoms with Gasteiger partial charge in [0.2, 0.25) is 0 Å². The highest BCUT2D eigenvalue weighted by Crippen LogP contribution is 2.36. The molecule has 0 bridgehead atoms. The number of methoxy groups -OCH3 is 1. The first-order valence-electron chi connectivity index (χ1n) is 10.8. The van der Waals surface area contributed by atoms with E-state index in [1.165, 1.54) is 7.11 Å². The van der Waals surface area contributed by atoms with E-state index in [2.05, 4.69) is 5.32 Å². The molecule has 32 heavy (non-hydrogen) atoms. The Morgan fingerprint density at radius 2 is 1.94 bits per heavy atom. The summed E-state index contributed by atoms with van der Waals surface area (Å²) in [6.07, 6.45) is 1.88. The quantitative estimate of drug-likeness (QED) is 0.645. The normalized spacial score (nSPS) is 15.7. The summed E-state index contributed by atoms with van der Waals surface area (Å²) in [5.74, 6) is 0.469. The second kappa shape index (κ2) is 11.4. The minimum atomic E-state index is -0.668.